The van der Waals surface area contributed by atoms with Crippen molar-refractivity contribution < 1.29 is 32.9 Å². The average molecular weight is 416 g/mol. The molecular formula is C23H25FO6. The second-order valence-corrected chi connectivity index (χ2v) is 6.20. The first kappa shape index (κ1) is 22.9. The predicted octanol–water partition coefficient (Wildman–Crippen LogP) is 4.46. The highest BCUT2D eigenvalue weighted by molar-refractivity contribution is 5.99. The topological polar surface area (TPSA) is 71.1 Å². The number of hydrogen-bond donors (Lipinski definition) is 0. The number of Topliss-reactive ketones (excluding diaryl/α,β-unsaturated/α-hetero) is 1. The third-order valence-corrected chi connectivity index (χ3v) is 3.96. The van der Waals surface area contributed by atoms with Crippen molar-refractivity contribution >= 4 is 17.8 Å². The molecule has 0 aliphatic heterocycles. The number of hydrogen-bond acceptors (Lipinski definition) is 6. The van der Waals surface area contributed by atoms with E-state index in [0.29, 0.717) is 30.3 Å². The third-order valence-electron chi connectivity index (χ3n) is 3.96. The van der Waals surface area contributed by atoms with E-state index in [1.807, 2.05) is 13.8 Å². The van der Waals surface area contributed by atoms with Gasteiger partial charge in [0.15, 0.2) is 35.5 Å². The van der Waals surface area contributed by atoms with Crippen LogP contribution in [-0.2, 0) is 9.53 Å². The summed E-state index contributed by atoms with van der Waals surface area (Å²) in [5, 5.41) is 0. The monoisotopic (exact) mass is 416 g/mol. The largest absolute Gasteiger partial charge is 0.494 e. The lowest BCUT2D eigenvalue weighted by Gasteiger charge is -2.12. The Labute approximate surface area is 175 Å². The molecule has 7 heteroatoms. The second-order valence-electron chi connectivity index (χ2n) is 6.20. The van der Waals surface area contributed by atoms with Crippen molar-refractivity contribution in [2.24, 2.45) is 0 Å². The molecule has 0 spiro atoms. The molecule has 30 heavy (non-hydrogen) atoms. The molecule has 0 aliphatic rings. The Morgan fingerprint density at radius 3 is 2.43 bits per heavy atom. The van der Waals surface area contributed by atoms with Gasteiger partial charge in [-0.15, -0.1) is 0 Å². The van der Waals surface area contributed by atoms with E-state index < -0.39 is 24.2 Å². The number of rotatable bonds is 11. The first-order valence-electron chi connectivity index (χ1n) is 9.59. The van der Waals surface area contributed by atoms with Crippen LogP contribution in [0.3, 0.4) is 0 Å². The highest BCUT2D eigenvalue weighted by Gasteiger charge is 2.12. The predicted molar refractivity (Wildman–Crippen MR) is 111 cm³/mol. The van der Waals surface area contributed by atoms with E-state index in [1.54, 1.807) is 24.3 Å². The van der Waals surface area contributed by atoms with E-state index in [9.17, 15) is 14.0 Å². The molecule has 6 nitrogen and oxygen atoms in total. The summed E-state index contributed by atoms with van der Waals surface area (Å²) < 4.78 is 34.7. The van der Waals surface area contributed by atoms with Gasteiger partial charge in [-0.2, -0.15) is 0 Å². The Morgan fingerprint density at radius 2 is 1.77 bits per heavy atom. The van der Waals surface area contributed by atoms with E-state index in [-0.39, 0.29) is 11.3 Å². The van der Waals surface area contributed by atoms with Crippen LogP contribution in [-0.4, -0.2) is 38.7 Å². The molecule has 2 rings (SSSR count). The van der Waals surface area contributed by atoms with Gasteiger partial charge in [0.1, 0.15) is 0 Å². The Morgan fingerprint density at radius 1 is 1.00 bits per heavy atom. The summed E-state index contributed by atoms with van der Waals surface area (Å²) in [5.74, 6) is -0.625. The zero-order valence-corrected chi connectivity index (χ0v) is 17.3. The van der Waals surface area contributed by atoms with Gasteiger partial charge in [0.2, 0.25) is 0 Å². The van der Waals surface area contributed by atoms with Crippen LogP contribution >= 0.6 is 0 Å². The van der Waals surface area contributed by atoms with Gasteiger partial charge in [0.25, 0.3) is 0 Å². The Kier molecular flexibility index (Phi) is 8.87. The molecule has 0 atom stereocenters. The molecule has 0 saturated heterocycles. The van der Waals surface area contributed by atoms with Crippen LogP contribution in [0.1, 0.15) is 36.2 Å². The molecule has 0 amide bonds. The van der Waals surface area contributed by atoms with Crippen molar-refractivity contribution in [3.63, 3.8) is 0 Å². The first-order chi connectivity index (χ1) is 14.5. The number of methoxy groups -OCH3 is 1. The fourth-order valence-electron chi connectivity index (χ4n) is 2.50. The standard InChI is InChI=1S/C23H25FO6/c1-4-12-29-21-9-6-16(13-22(21)28-5-2)7-11-23(26)30-15-19(25)17-8-10-20(27-3)18(24)14-17/h6-11,13-14H,4-5,12,15H2,1-3H3/b11-7+. The van der Waals surface area contributed by atoms with Gasteiger partial charge in [0.05, 0.1) is 20.3 Å². The molecule has 0 radical (unpaired) electrons. The molecule has 160 valence electrons. The van der Waals surface area contributed by atoms with Crippen LogP contribution in [0.2, 0.25) is 0 Å². The average Bonchev–Trinajstić information content (AvgIpc) is 2.75. The molecule has 0 fully saturated rings. The maximum atomic E-state index is 13.7. The van der Waals surface area contributed by atoms with Crippen LogP contribution in [0.15, 0.2) is 42.5 Å². The molecular weight excluding hydrogens is 391 g/mol. The molecule has 0 aliphatic carbocycles. The quantitative estimate of drug-likeness (QED) is 0.306. The number of ether oxygens (including phenoxy) is 4. The fraction of sp³-hybridized carbons (Fsp3) is 0.304. The number of carbonyl (C=O) groups is 2. The van der Waals surface area contributed by atoms with Gasteiger partial charge < -0.3 is 18.9 Å². The fourth-order valence-corrected chi connectivity index (χ4v) is 2.50. The molecule has 0 N–H and O–H groups in total. The van der Waals surface area contributed by atoms with E-state index in [4.69, 9.17) is 18.9 Å². The first-order valence-corrected chi connectivity index (χ1v) is 9.59. The maximum Gasteiger partial charge on any atom is 0.331 e. The summed E-state index contributed by atoms with van der Waals surface area (Å²) in [5.41, 5.74) is 0.803. The van der Waals surface area contributed by atoms with Crippen LogP contribution in [0.5, 0.6) is 17.2 Å². The summed E-state index contributed by atoms with van der Waals surface area (Å²) in [6, 6.07) is 9.10. The van der Waals surface area contributed by atoms with Gasteiger partial charge in [-0.1, -0.05) is 13.0 Å². The smallest absolute Gasteiger partial charge is 0.331 e. The third kappa shape index (κ3) is 6.62. The van der Waals surface area contributed by atoms with E-state index in [2.05, 4.69) is 0 Å². The molecule has 2 aromatic rings. The summed E-state index contributed by atoms with van der Waals surface area (Å²) in [6.45, 7) is 4.44. The van der Waals surface area contributed by atoms with E-state index >= 15 is 0 Å². The van der Waals surface area contributed by atoms with Gasteiger partial charge in [-0.25, -0.2) is 9.18 Å². The summed E-state index contributed by atoms with van der Waals surface area (Å²) in [6.07, 6.45) is 3.63. The minimum atomic E-state index is -0.693. The van der Waals surface area contributed by atoms with Crippen molar-refractivity contribution in [3.05, 3.63) is 59.4 Å². The lowest BCUT2D eigenvalue weighted by Crippen LogP contribution is -2.12. The van der Waals surface area contributed by atoms with E-state index in [0.717, 1.165) is 12.5 Å². The molecule has 0 heterocycles. The summed E-state index contributed by atoms with van der Waals surface area (Å²) in [4.78, 5) is 24.0. The van der Waals surface area contributed by atoms with Gasteiger partial charge in [-0.05, 0) is 55.3 Å². The number of esters is 1. The SMILES string of the molecule is CCCOc1ccc(/C=C/C(=O)OCC(=O)c2ccc(OC)c(F)c2)cc1OCC. The highest BCUT2D eigenvalue weighted by Crippen LogP contribution is 2.29. The molecule has 0 bridgehead atoms. The van der Waals surface area contributed by atoms with Crippen LogP contribution < -0.4 is 14.2 Å². The van der Waals surface area contributed by atoms with Crippen molar-refractivity contribution in [2.75, 3.05) is 26.9 Å². The van der Waals surface area contributed by atoms with Crippen LogP contribution in [0.4, 0.5) is 4.39 Å². The number of halogens is 1. The lowest BCUT2D eigenvalue weighted by molar-refractivity contribution is -0.136. The summed E-state index contributed by atoms with van der Waals surface area (Å²) in [7, 11) is 1.33. The Bertz CT molecular complexity index is 907. The molecule has 0 aromatic heterocycles. The van der Waals surface area contributed by atoms with Crippen LogP contribution in [0.25, 0.3) is 6.08 Å². The minimum absolute atomic E-state index is 0.0315. The number of benzene rings is 2. The zero-order chi connectivity index (χ0) is 21.9. The lowest BCUT2D eigenvalue weighted by atomic mass is 10.1. The Hall–Kier alpha value is -3.35. The van der Waals surface area contributed by atoms with Gasteiger partial charge in [-0.3, -0.25) is 4.79 Å². The van der Waals surface area contributed by atoms with E-state index in [1.165, 1.54) is 25.3 Å². The number of carbonyl (C=O) groups excluding carboxylic acids is 2. The van der Waals surface area contributed by atoms with Gasteiger partial charge in [0, 0.05) is 11.6 Å². The number of ketones is 1. The van der Waals surface area contributed by atoms with Crippen molar-refractivity contribution in [1.29, 1.82) is 0 Å². The molecule has 2 aromatic carbocycles. The highest BCUT2D eigenvalue weighted by atomic mass is 19.1. The van der Waals surface area contributed by atoms with Crippen molar-refractivity contribution in [3.8, 4) is 17.2 Å². The normalized spacial score (nSPS) is 10.7. The van der Waals surface area contributed by atoms with Crippen LogP contribution in [0, 0.1) is 5.82 Å². The zero-order valence-electron chi connectivity index (χ0n) is 17.3. The Balaban J connectivity index is 1.96. The minimum Gasteiger partial charge on any atom is -0.494 e. The van der Waals surface area contributed by atoms with Gasteiger partial charge >= 0.3 is 5.97 Å². The van der Waals surface area contributed by atoms with Crippen molar-refractivity contribution in [1.82, 2.24) is 0 Å². The molecule has 0 saturated carbocycles. The molecule has 0 unspecified atom stereocenters. The second kappa shape index (κ2) is 11.6. The van der Waals surface area contributed by atoms with Crippen molar-refractivity contribution in [2.45, 2.75) is 20.3 Å². The summed E-state index contributed by atoms with van der Waals surface area (Å²) >= 11 is 0. The maximum absolute atomic E-state index is 13.7.